The van der Waals surface area contributed by atoms with Crippen LogP contribution in [-0.2, 0) is 0 Å². The van der Waals surface area contributed by atoms with Crippen LogP contribution < -0.4 is 0 Å². The van der Waals surface area contributed by atoms with Crippen molar-refractivity contribution in [1.29, 1.82) is 0 Å². The molecule has 2 N–H and O–H groups in total. The topological polar surface area (TPSA) is 81.1 Å². The molecule has 2 heterocycles. The number of imide groups is 1. The number of hydrogen-bond acceptors (Lipinski definition) is 5. The van der Waals surface area contributed by atoms with Crippen molar-refractivity contribution in [3.8, 4) is 0 Å². The number of carbonyl (C=O) groups is 2. The summed E-state index contributed by atoms with van der Waals surface area (Å²) in [5.41, 5.74) is 0.934. The summed E-state index contributed by atoms with van der Waals surface area (Å²) in [6.07, 6.45) is -0.779. The van der Waals surface area contributed by atoms with E-state index < -0.39 is 12.2 Å². The Kier molecular flexibility index (Phi) is 3.75. The van der Waals surface area contributed by atoms with Gasteiger partial charge in [-0.1, -0.05) is 12.1 Å². The van der Waals surface area contributed by atoms with Crippen molar-refractivity contribution in [1.82, 2.24) is 9.80 Å². The second kappa shape index (κ2) is 5.55. The summed E-state index contributed by atoms with van der Waals surface area (Å²) in [7, 11) is 0. The van der Waals surface area contributed by atoms with Crippen LogP contribution >= 0.6 is 0 Å². The lowest BCUT2D eigenvalue weighted by atomic mass is 10.1. The zero-order chi connectivity index (χ0) is 15.0. The summed E-state index contributed by atoms with van der Waals surface area (Å²) in [5.74, 6) is -0.478. The number of benzene rings is 1. The van der Waals surface area contributed by atoms with Gasteiger partial charge < -0.3 is 10.2 Å². The van der Waals surface area contributed by atoms with E-state index in [1.54, 1.807) is 24.3 Å². The molecular weight excluding hydrogens is 272 g/mol. The summed E-state index contributed by atoms with van der Waals surface area (Å²) >= 11 is 0. The maximum atomic E-state index is 12.1. The second-order valence-corrected chi connectivity index (χ2v) is 5.56. The number of likely N-dealkylation sites (tertiary alicyclic amines) is 1. The van der Waals surface area contributed by atoms with Crippen molar-refractivity contribution in [2.75, 3.05) is 26.2 Å². The standard InChI is InChI=1S/C15H18N2O4/c18-12-8-16(9-13(12)19)6-3-7-17-14(20)10-4-1-2-5-11(10)15(17)21/h1-2,4-5,12-13,18-19H,3,6-9H2/t12-,13+. The van der Waals surface area contributed by atoms with Crippen molar-refractivity contribution in [3.63, 3.8) is 0 Å². The van der Waals surface area contributed by atoms with Gasteiger partial charge in [0.1, 0.15) is 0 Å². The SMILES string of the molecule is O=C1c2ccccc2C(=O)N1CCCN1C[C@@H](O)[C@@H](O)C1. The molecule has 6 heteroatoms. The van der Waals surface area contributed by atoms with Gasteiger partial charge in [-0.15, -0.1) is 0 Å². The molecular formula is C15H18N2O4. The number of rotatable bonds is 4. The Morgan fingerprint density at radius 1 is 0.952 bits per heavy atom. The highest BCUT2D eigenvalue weighted by molar-refractivity contribution is 6.21. The Hall–Kier alpha value is -1.76. The summed E-state index contributed by atoms with van der Waals surface area (Å²) < 4.78 is 0. The minimum absolute atomic E-state index is 0.239. The van der Waals surface area contributed by atoms with Gasteiger partial charge in [-0.25, -0.2) is 0 Å². The Balaban J connectivity index is 1.56. The van der Waals surface area contributed by atoms with E-state index >= 15 is 0 Å². The van der Waals surface area contributed by atoms with Crippen LogP contribution in [0.3, 0.4) is 0 Å². The lowest BCUT2D eigenvalue weighted by Crippen LogP contribution is -2.33. The first-order valence-electron chi connectivity index (χ1n) is 7.11. The Morgan fingerprint density at radius 3 is 2.00 bits per heavy atom. The number of amides is 2. The number of fused-ring (bicyclic) bond motifs is 1. The molecule has 0 spiro atoms. The van der Waals surface area contributed by atoms with E-state index in [0.717, 1.165) is 0 Å². The van der Waals surface area contributed by atoms with Gasteiger partial charge in [0.25, 0.3) is 11.8 Å². The number of β-amino-alcohol motifs (C(OH)–C–C–N with tert-alkyl or cyclic N) is 2. The highest BCUT2D eigenvalue weighted by Gasteiger charge is 2.35. The molecule has 0 aliphatic carbocycles. The Bertz CT molecular complexity index is 530. The minimum Gasteiger partial charge on any atom is -0.389 e. The molecule has 21 heavy (non-hydrogen) atoms. The van der Waals surface area contributed by atoms with Crippen LogP contribution in [0.2, 0.25) is 0 Å². The van der Waals surface area contributed by atoms with Gasteiger partial charge in [0.15, 0.2) is 0 Å². The first kappa shape index (κ1) is 14.2. The van der Waals surface area contributed by atoms with Crippen molar-refractivity contribution in [2.45, 2.75) is 18.6 Å². The Labute approximate surface area is 122 Å². The van der Waals surface area contributed by atoms with E-state index in [4.69, 9.17) is 0 Å². The summed E-state index contributed by atoms with van der Waals surface area (Å²) in [5, 5.41) is 18.9. The van der Waals surface area contributed by atoms with E-state index in [9.17, 15) is 19.8 Å². The summed E-state index contributed by atoms with van der Waals surface area (Å²) in [6.45, 7) is 1.86. The third-order valence-corrected chi connectivity index (χ3v) is 4.07. The van der Waals surface area contributed by atoms with E-state index in [1.165, 1.54) is 4.90 Å². The molecule has 2 aliphatic rings. The largest absolute Gasteiger partial charge is 0.389 e. The van der Waals surface area contributed by atoms with Crippen LogP contribution in [0, 0.1) is 0 Å². The molecule has 6 nitrogen and oxygen atoms in total. The average molecular weight is 290 g/mol. The van der Waals surface area contributed by atoms with Crippen LogP contribution in [0.1, 0.15) is 27.1 Å². The lowest BCUT2D eigenvalue weighted by Gasteiger charge is -2.18. The number of carbonyl (C=O) groups excluding carboxylic acids is 2. The van der Waals surface area contributed by atoms with Crippen LogP contribution in [0.4, 0.5) is 0 Å². The molecule has 0 saturated carbocycles. The highest BCUT2D eigenvalue weighted by Crippen LogP contribution is 2.22. The lowest BCUT2D eigenvalue weighted by molar-refractivity contribution is 0.0572. The molecule has 1 fully saturated rings. The smallest absolute Gasteiger partial charge is 0.261 e. The molecule has 2 amide bonds. The fraction of sp³-hybridized carbons (Fsp3) is 0.467. The quantitative estimate of drug-likeness (QED) is 0.745. The van der Waals surface area contributed by atoms with Gasteiger partial charge in [-0.3, -0.25) is 19.4 Å². The third-order valence-electron chi connectivity index (χ3n) is 4.07. The number of nitrogens with zero attached hydrogens (tertiary/aromatic N) is 2. The second-order valence-electron chi connectivity index (χ2n) is 5.56. The molecule has 3 rings (SSSR count). The van der Waals surface area contributed by atoms with Crippen molar-refractivity contribution < 1.29 is 19.8 Å². The highest BCUT2D eigenvalue weighted by atomic mass is 16.3. The van der Waals surface area contributed by atoms with E-state index in [-0.39, 0.29) is 11.8 Å². The first-order chi connectivity index (χ1) is 10.1. The van der Waals surface area contributed by atoms with Gasteiger partial charge in [-0.05, 0) is 18.6 Å². The van der Waals surface area contributed by atoms with E-state index in [0.29, 0.717) is 43.7 Å². The summed E-state index contributed by atoms with van der Waals surface area (Å²) in [4.78, 5) is 27.5. The van der Waals surface area contributed by atoms with E-state index in [1.807, 2.05) is 4.90 Å². The fourth-order valence-electron chi connectivity index (χ4n) is 2.92. The van der Waals surface area contributed by atoms with Gasteiger partial charge in [0.05, 0.1) is 23.3 Å². The number of aliphatic hydroxyl groups excluding tert-OH is 2. The molecule has 1 aromatic rings. The van der Waals surface area contributed by atoms with Gasteiger partial charge in [0.2, 0.25) is 0 Å². The minimum atomic E-state index is -0.704. The van der Waals surface area contributed by atoms with Crippen LogP contribution in [0.25, 0.3) is 0 Å². The van der Waals surface area contributed by atoms with Crippen LogP contribution in [-0.4, -0.2) is 70.2 Å². The van der Waals surface area contributed by atoms with Crippen molar-refractivity contribution >= 4 is 11.8 Å². The van der Waals surface area contributed by atoms with Crippen LogP contribution in [0.5, 0.6) is 0 Å². The molecule has 1 saturated heterocycles. The molecule has 2 aliphatic heterocycles. The molecule has 1 aromatic carbocycles. The predicted molar refractivity (Wildman–Crippen MR) is 74.9 cm³/mol. The molecule has 0 bridgehead atoms. The zero-order valence-corrected chi connectivity index (χ0v) is 11.6. The number of aliphatic hydroxyl groups is 2. The molecule has 0 aromatic heterocycles. The number of hydrogen-bond donors (Lipinski definition) is 2. The average Bonchev–Trinajstić information content (AvgIpc) is 2.92. The monoisotopic (exact) mass is 290 g/mol. The predicted octanol–water partition coefficient (Wildman–Crippen LogP) is -0.290. The fourth-order valence-corrected chi connectivity index (χ4v) is 2.92. The normalized spacial score (nSPS) is 25.7. The van der Waals surface area contributed by atoms with Gasteiger partial charge >= 0.3 is 0 Å². The van der Waals surface area contributed by atoms with Gasteiger partial charge in [0, 0.05) is 26.2 Å². The third kappa shape index (κ3) is 2.57. The van der Waals surface area contributed by atoms with E-state index in [2.05, 4.69) is 0 Å². The molecule has 0 radical (unpaired) electrons. The molecule has 2 atom stereocenters. The zero-order valence-electron chi connectivity index (χ0n) is 11.6. The molecule has 112 valence electrons. The summed E-state index contributed by atoms with van der Waals surface area (Å²) in [6, 6.07) is 6.84. The maximum Gasteiger partial charge on any atom is 0.261 e. The van der Waals surface area contributed by atoms with Crippen molar-refractivity contribution in [3.05, 3.63) is 35.4 Å². The maximum absolute atomic E-state index is 12.1. The molecule has 0 unspecified atom stereocenters. The van der Waals surface area contributed by atoms with Gasteiger partial charge in [-0.2, -0.15) is 0 Å². The Morgan fingerprint density at radius 2 is 1.48 bits per heavy atom. The van der Waals surface area contributed by atoms with Crippen molar-refractivity contribution in [2.24, 2.45) is 0 Å². The van der Waals surface area contributed by atoms with Crippen LogP contribution in [0.15, 0.2) is 24.3 Å². The first-order valence-corrected chi connectivity index (χ1v) is 7.11.